The molecule has 0 spiro atoms. The number of hydrogen-bond donors (Lipinski definition) is 2. The molecule has 1 heterocycles. The van der Waals surface area contributed by atoms with Crippen LogP contribution in [0.15, 0.2) is 6.20 Å². The Labute approximate surface area is 77.8 Å². The first kappa shape index (κ1) is 10.1. The monoisotopic (exact) mass is 184 g/mol. The van der Waals surface area contributed by atoms with Crippen molar-refractivity contribution in [1.82, 2.24) is 20.3 Å². The van der Waals surface area contributed by atoms with Crippen molar-refractivity contribution in [3.8, 4) is 0 Å². The summed E-state index contributed by atoms with van der Waals surface area (Å²) < 4.78 is 1.66. The highest BCUT2D eigenvalue weighted by Crippen LogP contribution is 1.94. The maximum atomic E-state index is 8.91. The van der Waals surface area contributed by atoms with Crippen LogP contribution in [0.4, 0.5) is 0 Å². The Hall–Kier alpha value is -0.940. The Morgan fingerprint density at radius 3 is 2.92 bits per heavy atom. The predicted octanol–water partition coefficient (Wildman–Crippen LogP) is -0.324. The number of aliphatic hydroxyl groups excluding tert-OH is 1. The summed E-state index contributed by atoms with van der Waals surface area (Å²) in [5, 5.41) is 19.8. The Kier molecular flexibility index (Phi) is 3.85. The van der Waals surface area contributed by atoms with Crippen LogP contribution in [0.1, 0.15) is 19.0 Å². The van der Waals surface area contributed by atoms with Crippen LogP contribution in [0.3, 0.4) is 0 Å². The second kappa shape index (κ2) is 4.94. The van der Waals surface area contributed by atoms with Crippen molar-refractivity contribution in [3.05, 3.63) is 11.9 Å². The van der Waals surface area contributed by atoms with Crippen molar-refractivity contribution in [3.63, 3.8) is 0 Å². The average Bonchev–Trinajstić information content (AvgIpc) is 2.53. The minimum absolute atomic E-state index is 0.155. The zero-order chi connectivity index (χ0) is 9.68. The molecule has 1 atom stereocenters. The van der Waals surface area contributed by atoms with E-state index in [9.17, 15) is 0 Å². The Morgan fingerprint density at radius 2 is 2.46 bits per heavy atom. The number of hydrogen-bond acceptors (Lipinski definition) is 4. The van der Waals surface area contributed by atoms with Gasteiger partial charge in [0, 0.05) is 25.8 Å². The first-order chi connectivity index (χ1) is 6.26. The molecule has 1 aromatic rings. The van der Waals surface area contributed by atoms with E-state index in [1.54, 1.807) is 4.68 Å². The first-order valence-electron chi connectivity index (χ1n) is 4.45. The zero-order valence-electron chi connectivity index (χ0n) is 8.06. The molecule has 0 aromatic carbocycles. The van der Waals surface area contributed by atoms with E-state index >= 15 is 0 Å². The van der Waals surface area contributed by atoms with Crippen LogP contribution >= 0.6 is 0 Å². The van der Waals surface area contributed by atoms with Gasteiger partial charge in [-0.15, -0.1) is 5.10 Å². The van der Waals surface area contributed by atoms with E-state index in [1.165, 1.54) is 0 Å². The van der Waals surface area contributed by atoms with Crippen LogP contribution in [0.5, 0.6) is 0 Å². The zero-order valence-corrected chi connectivity index (χ0v) is 8.06. The summed E-state index contributed by atoms with van der Waals surface area (Å²) in [5.74, 6) is 0. The van der Waals surface area contributed by atoms with Crippen molar-refractivity contribution in [2.24, 2.45) is 7.05 Å². The van der Waals surface area contributed by atoms with E-state index in [0.29, 0.717) is 6.54 Å². The molecule has 5 nitrogen and oxygen atoms in total. The van der Waals surface area contributed by atoms with Gasteiger partial charge in [-0.1, -0.05) is 12.1 Å². The number of aryl methyl sites for hydroxylation is 1. The maximum Gasteiger partial charge on any atom is 0.0964 e. The minimum atomic E-state index is 0.155. The summed E-state index contributed by atoms with van der Waals surface area (Å²) in [5.41, 5.74) is 0.898. The van der Waals surface area contributed by atoms with Crippen molar-refractivity contribution in [1.29, 1.82) is 0 Å². The smallest absolute Gasteiger partial charge is 0.0964 e. The molecular weight excluding hydrogens is 168 g/mol. The van der Waals surface area contributed by atoms with Gasteiger partial charge in [-0.25, -0.2) is 0 Å². The standard InChI is InChI=1S/C8H16N4O/c1-3-7(6-13)9-4-8-5-12(2)11-10-8/h5,7,9,13H,3-4,6H2,1-2H3. The fraction of sp³-hybridized carbons (Fsp3) is 0.750. The van der Waals surface area contributed by atoms with Gasteiger partial charge in [0.1, 0.15) is 0 Å². The van der Waals surface area contributed by atoms with E-state index in [2.05, 4.69) is 15.6 Å². The summed E-state index contributed by atoms with van der Waals surface area (Å²) in [6, 6.07) is 0.155. The molecule has 0 aliphatic carbocycles. The van der Waals surface area contributed by atoms with Gasteiger partial charge in [0.2, 0.25) is 0 Å². The largest absolute Gasteiger partial charge is 0.395 e. The fourth-order valence-corrected chi connectivity index (χ4v) is 1.06. The van der Waals surface area contributed by atoms with Gasteiger partial charge >= 0.3 is 0 Å². The van der Waals surface area contributed by atoms with E-state index in [0.717, 1.165) is 12.1 Å². The Bertz CT molecular complexity index is 244. The number of nitrogens with one attached hydrogen (secondary N) is 1. The van der Waals surface area contributed by atoms with E-state index < -0.39 is 0 Å². The van der Waals surface area contributed by atoms with Gasteiger partial charge in [-0.3, -0.25) is 4.68 Å². The second-order valence-electron chi connectivity index (χ2n) is 3.05. The first-order valence-corrected chi connectivity index (χ1v) is 4.45. The lowest BCUT2D eigenvalue weighted by molar-refractivity contribution is 0.238. The quantitative estimate of drug-likeness (QED) is 0.658. The van der Waals surface area contributed by atoms with Crippen LogP contribution in [0.25, 0.3) is 0 Å². The molecule has 0 radical (unpaired) electrons. The molecule has 0 saturated carbocycles. The highest BCUT2D eigenvalue weighted by atomic mass is 16.3. The van der Waals surface area contributed by atoms with Gasteiger partial charge in [0.25, 0.3) is 0 Å². The highest BCUT2D eigenvalue weighted by Gasteiger charge is 2.04. The number of aliphatic hydroxyl groups is 1. The highest BCUT2D eigenvalue weighted by molar-refractivity contribution is 4.91. The molecule has 1 unspecified atom stereocenters. The van der Waals surface area contributed by atoms with E-state index in [1.807, 2.05) is 20.2 Å². The number of aromatic nitrogens is 3. The molecule has 0 amide bonds. The van der Waals surface area contributed by atoms with Gasteiger partial charge in [-0.2, -0.15) is 0 Å². The molecular formula is C8H16N4O. The molecule has 1 aromatic heterocycles. The second-order valence-corrected chi connectivity index (χ2v) is 3.05. The predicted molar refractivity (Wildman–Crippen MR) is 49.0 cm³/mol. The lowest BCUT2D eigenvalue weighted by Crippen LogP contribution is -2.31. The van der Waals surface area contributed by atoms with Gasteiger partial charge < -0.3 is 10.4 Å². The Balaban J connectivity index is 2.33. The summed E-state index contributed by atoms with van der Waals surface area (Å²) in [7, 11) is 1.83. The van der Waals surface area contributed by atoms with E-state index in [-0.39, 0.29) is 12.6 Å². The van der Waals surface area contributed by atoms with Crippen molar-refractivity contribution < 1.29 is 5.11 Å². The fourth-order valence-electron chi connectivity index (χ4n) is 1.06. The van der Waals surface area contributed by atoms with Gasteiger partial charge in [0.05, 0.1) is 12.3 Å². The van der Waals surface area contributed by atoms with Crippen LogP contribution < -0.4 is 5.32 Å². The summed E-state index contributed by atoms with van der Waals surface area (Å²) >= 11 is 0. The topological polar surface area (TPSA) is 63.0 Å². The molecule has 1 rings (SSSR count). The van der Waals surface area contributed by atoms with Crippen molar-refractivity contribution in [2.45, 2.75) is 25.9 Å². The minimum Gasteiger partial charge on any atom is -0.395 e. The van der Waals surface area contributed by atoms with Crippen molar-refractivity contribution >= 4 is 0 Å². The van der Waals surface area contributed by atoms with E-state index in [4.69, 9.17) is 5.11 Å². The van der Waals surface area contributed by atoms with Crippen LogP contribution in [-0.4, -0.2) is 32.7 Å². The molecule has 13 heavy (non-hydrogen) atoms. The van der Waals surface area contributed by atoms with Crippen LogP contribution in [0.2, 0.25) is 0 Å². The molecule has 74 valence electrons. The summed E-state index contributed by atoms with van der Waals surface area (Å²) in [4.78, 5) is 0. The molecule has 0 saturated heterocycles. The molecule has 0 fully saturated rings. The lowest BCUT2D eigenvalue weighted by atomic mass is 10.2. The number of nitrogens with zero attached hydrogens (tertiary/aromatic N) is 3. The van der Waals surface area contributed by atoms with Crippen LogP contribution in [0, 0.1) is 0 Å². The average molecular weight is 184 g/mol. The van der Waals surface area contributed by atoms with Gasteiger partial charge in [0.15, 0.2) is 0 Å². The maximum absolute atomic E-state index is 8.91. The molecule has 5 heteroatoms. The van der Waals surface area contributed by atoms with Crippen LogP contribution in [-0.2, 0) is 13.6 Å². The molecule has 2 N–H and O–H groups in total. The molecule has 0 bridgehead atoms. The summed E-state index contributed by atoms with van der Waals surface area (Å²) in [6.07, 6.45) is 2.77. The third-order valence-corrected chi connectivity index (χ3v) is 1.94. The lowest BCUT2D eigenvalue weighted by Gasteiger charge is -2.11. The van der Waals surface area contributed by atoms with Gasteiger partial charge in [-0.05, 0) is 6.42 Å². The Morgan fingerprint density at radius 1 is 1.69 bits per heavy atom. The normalized spacial score (nSPS) is 13.2. The number of rotatable bonds is 5. The third-order valence-electron chi connectivity index (χ3n) is 1.94. The summed E-state index contributed by atoms with van der Waals surface area (Å²) in [6.45, 7) is 2.86. The van der Waals surface area contributed by atoms with Crippen molar-refractivity contribution in [2.75, 3.05) is 6.61 Å². The SMILES string of the molecule is CCC(CO)NCc1cn(C)nn1. The third kappa shape index (κ3) is 3.12. The molecule has 0 aliphatic heterocycles. The molecule has 0 aliphatic rings.